The van der Waals surface area contributed by atoms with E-state index in [1.165, 1.54) is 29.5 Å². The number of carboxylic acids is 1. The molecule has 3 rings (SSSR count). The third-order valence-electron chi connectivity index (χ3n) is 6.01. The summed E-state index contributed by atoms with van der Waals surface area (Å²) in [6.07, 6.45) is 2.40. The third kappa shape index (κ3) is 3.22. The third-order valence-corrected chi connectivity index (χ3v) is 6.01. The van der Waals surface area contributed by atoms with Gasteiger partial charge in [0.25, 0.3) is 0 Å². The number of carboxylic acid groups (broad SMARTS) is 1. The molecule has 2 aromatic rings. The van der Waals surface area contributed by atoms with E-state index < -0.39 is 5.97 Å². The molecule has 0 saturated heterocycles. The zero-order valence-electron chi connectivity index (χ0n) is 15.9. The van der Waals surface area contributed by atoms with Gasteiger partial charge in [0, 0.05) is 5.92 Å². The fraction of sp³-hybridized carbons (Fsp3) is 0.435. The molecule has 2 aromatic carbocycles. The van der Waals surface area contributed by atoms with Crippen LogP contribution in [-0.4, -0.2) is 11.1 Å². The second kappa shape index (κ2) is 6.01. The first-order chi connectivity index (χ1) is 11.6. The normalized spacial score (nSPS) is 19.1. The average molecular weight is 336 g/mol. The minimum Gasteiger partial charge on any atom is -0.478 e. The van der Waals surface area contributed by atoms with Crippen LogP contribution < -0.4 is 0 Å². The number of fused-ring (bicyclic) bond motifs is 1. The van der Waals surface area contributed by atoms with Gasteiger partial charge in [0.2, 0.25) is 0 Å². The van der Waals surface area contributed by atoms with Gasteiger partial charge in [-0.15, -0.1) is 0 Å². The molecule has 0 bridgehead atoms. The van der Waals surface area contributed by atoms with Gasteiger partial charge >= 0.3 is 5.97 Å². The summed E-state index contributed by atoms with van der Waals surface area (Å²) in [7, 11) is 0. The van der Waals surface area contributed by atoms with Gasteiger partial charge in [0.1, 0.15) is 0 Å². The Morgan fingerprint density at radius 1 is 0.920 bits per heavy atom. The van der Waals surface area contributed by atoms with Gasteiger partial charge < -0.3 is 5.11 Å². The number of rotatable bonds is 3. The molecule has 0 aromatic heterocycles. The van der Waals surface area contributed by atoms with Crippen molar-refractivity contribution in [2.45, 2.75) is 64.2 Å². The van der Waals surface area contributed by atoms with Gasteiger partial charge in [-0.05, 0) is 58.1 Å². The first-order valence-electron chi connectivity index (χ1n) is 9.10. The van der Waals surface area contributed by atoms with Gasteiger partial charge in [-0.25, -0.2) is 4.79 Å². The number of hydrogen-bond acceptors (Lipinski definition) is 1. The summed E-state index contributed by atoms with van der Waals surface area (Å²) in [6.45, 7) is 11.5. The molecule has 132 valence electrons. The Morgan fingerprint density at radius 2 is 1.52 bits per heavy atom. The second-order valence-electron chi connectivity index (χ2n) is 8.73. The molecule has 0 amide bonds. The van der Waals surface area contributed by atoms with Crippen LogP contribution in [-0.2, 0) is 10.8 Å². The lowest BCUT2D eigenvalue weighted by Crippen LogP contribution is -2.34. The first-order valence-corrected chi connectivity index (χ1v) is 9.10. The molecule has 25 heavy (non-hydrogen) atoms. The van der Waals surface area contributed by atoms with Crippen LogP contribution in [0.5, 0.6) is 0 Å². The Labute approximate surface area is 150 Å². The molecule has 1 N–H and O–H groups in total. The van der Waals surface area contributed by atoms with Crippen molar-refractivity contribution in [3.63, 3.8) is 0 Å². The molecule has 1 atom stereocenters. The van der Waals surface area contributed by atoms with Crippen molar-refractivity contribution in [3.8, 4) is 0 Å². The highest BCUT2D eigenvalue weighted by molar-refractivity contribution is 5.87. The van der Waals surface area contributed by atoms with Gasteiger partial charge in [-0.3, -0.25) is 0 Å². The van der Waals surface area contributed by atoms with E-state index in [0.717, 1.165) is 5.56 Å². The lowest BCUT2D eigenvalue weighted by Gasteiger charge is -2.42. The summed E-state index contributed by atoms with van der Waals surface area (Å²) in [4.78, 5) is 11.3. The summed E-state index contributed by atoms with van der Waals surface area (Å²) < 4.78 is 0. The minimum atomic E-state index is -0.873. The number of benzene rings is 2. The molecule has 0 spiro atoms. The predicted octanol–water partition coefficient (Wildman–Crippen LogP) is 5.89. The topological polar surface area (TPSA) is 37.3 Å². The highest BCUT2D eigenvalue weighted by Gasteiger charge is 2.37. The summed E-state index contributed by atoms with van der Waals surface area (Å²) in [5.41, 5.74) is 5.96. The number of aromatic carboxylic acids is 1. The van der Waals surface area contributed by atoms with Gasteiger partial charge in [-0.2, -0.15) is 0 Å². The van der Waals surface area contributed by atoms with Crippen LogP contribution in [0.4, 0.5) is 0 Å². The first kappa shape index (κ1) is 17.7. The maximum absolute atomic E-state index is 11.3. The monoisotopic (exact) mass is 336 g/mol. The maximum Gasteiger partial charge on any atom is 0.335 e. The average Bonchev–Trinajstić information content (AvgIpc) is 2.58. The molecular weight excluding hydrogens is 308 g/mol. The van der Waals surface area contributed by atoms with Crippen LogP contribution >= 0.6 is 0 Å². The van der Waals surface area contributed by atoms with Crippen LogP contribution in [0.3, 0.4) is 0 Å². The van der Waals surface area contributed by atoms with Crippen molar-refractivity contribution in [2.24, 2.45) is 0 Å². The Bertz CT molecular complexity index is 815. The Morgan fingerprint density at radius 3 is 2.16 bits per heavy atom. The summed E-state index contributed by atoms with van der Waals surface area (Å²) in [5.74, 6) is -0.701. The summed E-state index contributed by atoms with van der Waals surface area (Å²) >= 11 is 0. The molecule has 0 fully saturated rings. The quantitative estimate of drug-likeness (QED) is 0.759. The summed E-state index contributed by atoms with van der Waals surface area (Å²) in [5, 5.41) is 9.25. The predicted molar refractivity (Wildman–Crippen MR) is 103 cm³/mol. The van der Waals surface area contributed by atoms with E-state index in [-0.39, 0.29) is 16.7 Å². The number of carbonyl (C=O) groups is 1. The van der Waals surface area contributed by atoms with Gasteiger partial charge in [0.05, 0.1) is 5.56 Å². The molecule has 1 aliphatic carbocycles. The van der Waals surface area contributed by atoms with E-state index in [2.05, 4.69) is 52.8 Å². The highest BCUT2D eigenvalue weighted by Crippen LogP contribution is 2.46. The van der Waals surface area contributed by atoms with E-state index in [0.29, 0.717) is 5.56 Å². The van der Waals surface area contributed by atoms with Gasteiger partial charge in [0.15, 0.2) is 0 Å². The molecule has 1 aliphatic rings. The molecule has 0 radical (unpaired) electrons. The maximum atomic E-state index is 11.3. The van der Waals surface area contributed by atoms with Crippen molar-refractivity contribution in [3.05, 3.63) is 70.3 Å². The van der Waals surface area contributed by atoms with E-state index in [9.17, 15) is 9.90 Å². The molecule has 1 unspecified atom stereocenters. The van der Waals surface area contributed by atoms with Crippen molar-refractivity contribution in [2.75, 3.05) is 0 Å². The fourth-order valence-electron chi connectivity index (χ4n) is 4.01. The lowest BCUT2D eigenvalue weighted by atomic mass is 9.62. The molecule has 0 saturated carbocycles. The molecular formula is C23H28O2. The van der Waals surface area contributed by atoms with Crippen LogP contribution in [0, 0.1) is 0 Å². The van der Waals surface area contributed by atoms with E-state index in [1.807, 2.05) is 12.1 Å². The standard InChI is InChI=1S/C23H28O2/c1-15(16-7-6-8-18(13-16)21(24)25)17-9-10-19-20(14-17)23(4,5)12-11-22(19,2)3/h6-10,13-15H,11-12H2,1-5H3,(H,24,25). The van der Waals surface area contributed by atoms with Crippen molar-refractivity contribution in [1.29, 1.82) is 0 Å². The summed E-state index contributed by atoms with van der Waals surface area (Å²) in [6, 6.07) is 14.2. The van der Waals surface area contributed by atoms with Crippen LogP contribution in [0.25, 0.3) is 0 Å². The van der Waals surface area contributed by atoms with E-state index in [4.69, 9.17) is 0 Å². The Hall–Kier alpha value is -2.09. The second-order valence-corrected chi connectivity index (χ2v) is 8.73. The Kier molecular flexibility index (Phi) is 4.26. The zero-order valence-corrected chi connectivity index (χ0v) is 15.9. The molecule has 0 aliphatic heterocycles. The lowest BCUT2D eigenvalue weighted by molar-refractivity contribution is 0.0696. The number of hydrogen-bond donors (Lipinski definition) is 1. The molecule has 2 heteroatoms. The fourth-order valence-corrected chi connectivity index (χ4v) is 4.01. The Balaban J connectivity index is 2.04. The van der Waals surface area contributed by atoms with Crippen LogP contribution in [0.15, 0.2) is 42.5 Å². The van der Waals surface area contributed by atoms with Crippen molar-refractivity contribution in [1.82, 2.24) is 0 Å². The SMILES string of the molecule is CC(c1cccc(C(=O)O)c1)c1ccc2c(c1)C(C)(C)CCC2(C)C. The smallest absolute Gasteiger partial charge is 0.335 e. The minimum absolute atomic E-state index is 0.172. The van der Waals surface area contributed by atoms with Crippen LogP contribution in [0.2, 0.25) is 0 Å². The largest absolute Gasteiger partial charge is 0.478 e. The van der Waals surface area contributed by atoms with E-state index >= 15 is 0 Å². The molecule has 2 nitrogen and oxygen atoms in total. The highest BCUT2D eigenvalue weighted by atomic mass is 16.4. The zero-order chi connectivity index (χ0) is 18.4. The van der Waals surface area contributed by atoms with Crippen molar-refractivity contribution >= 4 is 5.97 Å². The molecule has 0 heterocycles. The van der Waals surface area contributed by atoms with Crippen LogP contribution in [0.1, 0.15) is 86.0 Å². The van der Waals surface area contributed by atoms with Gasteiger partial charge in [-0.1, -0.05) is 65.0 Å². The van der Waals surface area contributed by atoms with E-state index in [1.54, 1.807) is 12.1 Å². The van der Waals surface area contributed by atoms with Crippen molar-refractivity contribution < 1.29 is 9.90 Å².